The number of thiazole rings is 1. The van der Waals surface area contributed by atoms with Crippen LogP contribution < -0.4 is 24.9 Å². The van der Waals surface area contributed by atoms with Gasteiger partial charge in [-0.25, -0.2) is 9.79 Å². The molecule has 3 aromatic carbocycles. The van der Waals surface area contributed by atoms with Crippen molar-refractivity contribution in [2.75, 3.05) is 11.9 Å². The molecule has 1 amide bonds. The summed E-state index contributed by atoms with van der Waals surface area (Å²) in [7, 11) is 0. The number of carboxylic acids is 1. The van der Waals surface area contributed by atoms with Crippen molar-refractivity contribution in [1.82, 2.24) is 4.57 Å². The van der Waals surface area contributed by atoms with Crippen LogP contribution in [-0.4, -0.2) is 28.2 Å². The van der Waals surface area contributed by atoms with Crippen LogP contribution in [0.2, 0.25) is 5.02 Å². The minimum absolute atomic E-state index is 0.289. The molecule has 39 heavy (non-hydrogen) atoms. The molecule has 0 saturated heterocycles. The number of carboxylic acid groups (broad SMARTS) is 1. The summed E-state index contributed by atoms with van der Waals surface area (Å²) in [6.45, 7) is 1.32. The number of allylic oxidation sites excluding steroid dienone is 1. The zero-order valence-electron chi connectivity index (χ0n) is 20.6. The van der Waals surface area contributed by atoms with Gasteiger partial charge in [0.05, 0.1) is 21.8 Å². The molecule has 8 nitrogen and oxygen atoms in total. The second kappa shape index (κ2) is 11.1. The maximum atomic E-state index is 13.8. The highest BCUT2D eigenvalue weighted by Gasteiger charge is 2.32. The van der Waals surface area contributed by atoms with Crippen LogP contribution in [0.15, 0.2) is 99.9 Å². The molecule has 2 N–H and O–H groups in total. The van der Waals surface area contributed by atoms with Gasteiger partial charge in [0, 0.05) is 10.7 Å². The summed E-state index contributed by atoms with van der Waals surface area (Å²) in [5.74, 6) is -1.01. The topological polar surface area (TPSA) is 110 Å². The van der Waals surface area contributed by atoms with Crippen molar-refractivity contribution in [2.24, 2.45) is 4.99 Å². The molecule has 5 rings (SSSR count). The van der Waals surface area contributed by atoms with Crippen LogP contribution in [0.4, 0.5) is 5.69 Å². The van der Waals surface area contributed by atoms with E-state index in [-0.39, 0.29) is 11.5 Å². The van der Waals surface area contributed by atoms with Crippen LogP contribution in [0.1, 0.15) is 24.1 Å². The number of aromatic nitrogens is 1. The molecule has 0 spiro atoms. The van der Waals surface area contributed by atoms with E-state index < -0.39 is 18.6 Å². The average Bonchev–Trinajstić information content (AvgIpc) is 3.22. The van der Waals surface area contributed by atoms with Crippen molar-refractivity contribution < 1.29 is 19.4 Å². The molecule has 0 aliphatic carbocycles. The number of amides is 1. The third kappa shape index (κ3) is 5.69. The van der Waals surface area contributed by atoms with Gasteiger partial charge in [0.15, 0.2) is 11.4 Å². The number of ether oxygens (including phenoxy) is 1. The fourth-order valence-electron chi connectivity index (χ4n) is 4.25. The predicted octanol–water partition coefficient (Wildman–Crippen LogP) is 3.99. The lowest BCUT2D eigenvalue weighted by atomic mass is 9.95. The van der Waals surface area contributed by atoms with Crippen LogP contribution >= 0.6 is 22.9 Å². The molecule has 196 valence electrons. The maximum absolute atomic E-state index is 13.8. The number of carbonyl (C=O) groups is 2. The second-order valence-electron chi connectivity index (χ2n) is 8.70. The third-order valence-corrected chi connectivity index (χ3v) is 7.26. The predicted molar refractivity (Wildman–Crippen MR) is 150 cm³/mol. The van der Waals surface area contributed by atoms with Crippen LogP contribution in [0.5, 0.6) is 5.75 Å². The monoisotopic (exact) mass is 559 g/mol. The minimum atomic E-state index is -1.07. The van der Waals surface area contributed by atoms with E-state index in [1.54, 1.807) is 73.7 Å². The number of rotatable bonds is 7. The molecular formula is C29H22ClN3O5S. The van der Waals surface area contributed by atoms with Gasteiger partial charge < -0.3 is 15.2 Å². The number of nitrogens with one attached hydrogen (secondary N) is 1. The molecule has 0 radical (unpaired) electrons. The van der Waals surface area contributed by atoms with E-state index in [1.165, 1.54) is 15.9 Å². The van der Waals surface area contributed by atoms with Crippen LogP contribution in [0.25, 0.3) is 6.08 Å². The summed E-state index contributed by atoms with van der Waals surface area (Å²) in [5, 5.41) is 12.2. The quantitative estimate of drug-likeness (QED) is 0.356. The lowest BCUT2D eigenvalue weighted by Crippen LogP contribution is -2.40. The first-order chi connectivity index (χ1) is 18.8. The lowest BCUT2D eigenvalue weighted by molar-refractivity contribution is -0.139. The Hall–Kier alpha value is -4.47. The van der Waals surface area contributed by atoms with Gasteiger partial charge in [-0.2, -0.15) is 0 Å². The number of para-hydroxylation sites is 1. The van der Waals surface area contributed by atoms with E-state index in [1.807, 2.05) is 18.2 Å². The first-order valence-corrected chi connectivity index (χ1v) is 13.1. The number of nitrogens with zero attached hydrogens (tertiary/aromatic N) is 2. The molecule has 1 aliphatic heterocycles. The van der Waals surface area contributed by atoms with E-state index in [0.717, 1.165) is 11.1 Å². The normalized spacial score (nSPS) is 14.9. The first kappa shape index (κ1) is 26.1. The summed E-state index contributed by atoms with van der Waals surface area (Å²) >= 11 is 7.36. The molecule has 1 aliphatic rings. The van der Waals surface area contributed by atoms with Gasteiger partial charge in [-0.1, -0.05) is 65.4 Å². The molecule has 0 bridgehead atoms. The van der Waals surface area contributed by atoms with Crippen LogP contribution in [0.3, 0.4) is 0 Å². The molecular weight excluding hydrogens is 538 g/mol. The van der Waals surface area contributed by atoms with Gasteiger partial charge in [-0.15, -0.1) is 0 Å². The zero-order valence-corrected chi connectivity index (χ0v) is 22.2. The molecule has 10 heteroatoms. The Labute approximate surface area is 231 Å². The number of aliphatic carboxylic acids is 1. The number of hydrogen-bond donors (Lipinski definition) is 2. The van der Waals surface area contributed by atoms with Gasteiger partial charge in [0.25, 0.3) is 11.5 Å². The molecule has 2 heterocycles. The Balaban J connectivity index is 1.58. The lowest BCUT2D eigenvalue weighted by Gasteiger charge is -2.25. The number of carbonyl (C=O) groups excluding carboxylic acids is 1. The average molecular weight is 560 g/mol. The van der Waals surface area contributed by atoms with Crippen molar-refractivity contribution in [2.45, 2.75) is 13.0 Å². The largest absolute Gasteiger partial charge is 0.482 e. The molecule has 0 unspecified atom stereocenters. The number of anilines is 1. The molecule has 0 saturated carbocycles. The van der Waals surface area contributed by atoms with Gasteiger partial charge in [0.1, 0.15) is 5.75 Å². The zero-order chi connectivity index (χ0) is 27.5. The number of fused-ring (bicyclic) bond motifs is 1. The maximum Gasteiger partial charge on any atom is 0.341 e. The summed E-state index contributed by atoms with van der Waals surface area (Å²) < 4.78 is 7.15. The summed E-state index contributed by atoms with van der Waals surface area (Å²) in [4.78, 5) is 43.2. The van der Waals surface area contributed by atoms with Crippen molar-refractivity contribution in [3.63, 3.8) is 0 Å². The Morgan fingerprint density at radius 1 is 1.08 bits per heavy atom. The Morgan fingerprint density at radius 3 is 2.44 bits per heavy atom. The van der Waals surface area contributed by atoms with Gasteiger partial charge >= 0.3 is 5.97 Å². The SMILES string of the molecule is CC1=C(C(=O)Nc2ccccc2)[C@H](c2ccc(Cl)cc2)n2c(s/c(=C\c3ccc(OCC(=O)O)cc3)c2=O)=N1. The van der Waals surface area contributed by atoms with E-state index >= 15 is 0 Å². The number of benzene rings is 3. The standard InChI is InChI=1S/C29H22ClN3O5S/c1-17-25(27(36)32-21-5-3-2-4-6-21)26(19-9-11-20(30)12-10-19)33-28(37)23(39-29(33)31-17)15-18-7-13-22(14-8-18)38-16-24(34)35/h2-15,26H,16H2,1H3,(H,32,36)(H,34,35)/b23-15-/t26-/m0/s1. The smallest absolute Gasteiger partial charge is 0.341 e. The van der Waals surface area contributed by atoms with Crippen molar-refractivity contribution in [3.8, 4) is 5.75 Å². The van der Waals surface area contributed by atoms with E-state index in [9.17, 15) is 14.4 Å². The summed E-state index contributed by atoms with van der Waals surface area (Å²) in [6.07, 6.45) is 1.73. The van der Waals surface area contributed by atoms with Gasteiger partial charge in [-0.3, -0.25) is 14.2 Å². The summed E-state index contributed by atoms with van der Waals surface area (Å²) in [6, 6.07) is 22.2. The second-order valence-corrected chi connectivity index (χ2v) is 10.2. The highest BCUT2D eigenvalue weighted by Crippen LogP contribution is 2.31. The summed E-state index contributed by atoms with van der Waals surface area (Å²) in [5.41, 5.74) is 2.66. The van der Waals surface area contributed by atoms with Crippen molar-refractivity contribution in [1.29, 1.82) is 0 Å². The first-order valence-electron chi connectivity index (χ1n) is 11.9. The molecule has 1 aromatic heterocycles. The van der Waals surface area contributed by atoms with Gasteiger partial charge in [-0.05, 0) is 60.5 Å². The third-order valence-electron chi connectivity index (χ3n) is 6.02. The van der Waals surface area contributed by atoms with E-state index in [2.05, 4.69) is 10.3 Å². The number of hydrogen-bond acceptors (Lipinski definition) is 6. The number of halogens is 1. The highest BCUT2D eigenvalue weighted by atomic mass is 35.5. The Kier molecular flexibility index (Phi) is 7.44. The molecule has 0 fully saturated rings. The fourth-order valence-corrected chi connectivity index (χ4v) is 5.42. The van der Waals surface area contributed by atoms with Crippen molar-refractivity contribution in [3.05, 3.63) is 126 Å². The van der Waals surface area contributed by atoms with Crippen LogP contribution in [0, 0.1) is 0 Å². The van der Waals surface area contributed by atoms with Gasteiger partial charge in [0.2, 0.25) is 0 Å². The highest BCUT2D eigenvalue weighted by molar-refractivity contribution is 7.07. The van der Waals surface area contributed by atoms with E-state index in [0.29, 0.717) is 37.1 Å². The Bertz CT molecular complexity index is 1760. The van der Waals surface area contributed by atoms with E-state index in [4.69, 9.17) is 21.4 Å². The molecule has 1 atom stereocenters. The Morgan fingerprint density at radius 2 is 1.77 bits per heavy atom. The molecule has 4 aromatic rings. The van der Waals surface area contributed by atoms with Crippen LogP contribution in [-0.2, 0) is 9.59 Å². The van der Waals surface area contributed by atoms with Crippen molar-refractivity contribution >= 4 is 46.6 Å². The minimum Gasteiger partial charge on any atom is -0.482 e. The fraction of sp³-hybridized carbons (Fsp3) is 0.103.